The molecule has 0 saturated carbocycles. The van der Waals surface area contributed by atoms with Crippen molar-refractivity contribution in [3.8, 4) is 5.75 Å². The summed E-state index contributed by atoms with van der Waals surface area (Å²) in [6.07, 6.45) is 1.13. The second kappa shape index (κ2) is 6.48. The Morgan fingerprint density at radius 2 is 1.88 bits per heavy atom. The quantitative estimate of drug-likeness (QED) is 0.415. The summed E-state index contributed by atoms with van der Waals surface area (Å²) in [5, 5.41) is 32.3. The number of nitro groups is 2. The number of phenolic OH excluding ortho intramolecular Hbond substituents is 1. The maximum atomic E-state index is 11.0. The zero-order chi connectivity index (χ0) is 19.0. The number of nitrogens with zero attached hydrogens (tertiary/aromatic N) is 4. The molecule has 2 aromatic carbocycles. The molecular weight excluding hydrogens is 360 g/mol. The number of aromatic nitrogens is 1. The van der Waals surface area contributed by atoms with Gasteiger partial charge in [-0.3, -0.25) is 20.2 Å². The van der Waals surface area contributed by atoms with Gasteiger partial charge in [-0.05, 0) is 31.0 Å². The fourth-order valence-corrected chi connectivity index (χ4v) is 3.49. The van der Waals surface area contributed by atoms with E-state index in [0.29, 0.717) is 11.2 Å². The zero-order valence-electron chi connectivity index (χ0n) is 13.7. The molecule has 10 heteroatoms. The lowest BCUT2D eigenvalue weighted by atomic mass is 10.1. The average Bonchev–Trinajstić information content (AvgIpc) is 2.96. The third kappa shape index (κ3) is 3.22. The highest BCUT2D eigenvalue weighted by Gasteiger charge is 2.23. The third-order valence-electron chi connectivity index (χ3n) is 3.64. The van der Waals surface area contributed by atoms with Gasteiger partial charge in [0.15, 0.2) is 0 Å². The molecule has 0 saturated heterocycles. The number of rotatable bonds is 4. The number of benzene rings is 2. The summed E-state index contributed by atoms with van der Waals surface area (Å²) in [5.74, 6) is -0.683. The van der Waals surface area contributed by atoms with Gasteiger partial charge in [0.25, 0.3) is 5.69 Å². The Hall–Kier alpha value is -3.40. The zero-order valence-corrected chi connectivity index (χ0v) is 14.5. The highest BCUT2D eigenvalue weighted by atomic mass is 32.1. The molecule has 0 fully saturated rings. The first-order valence-electron chi connectivity index (χ1n) is 7.34. The van der Waals surface area contributed by atoms with Crippen LogP contribution in [0.5, 0.6) is 5.75 Å². The van der Waals surface area contributed by atoms with E-state index in [0.717, 1.165) is 33.6 Å². The molecule has 0 aliphatic carbocycles. The lowest BCUT2D eigenvalue weighted by molar-refractivity contribution is -0.394. The monoisotopic (exact) mass is 372 g/mol. The van der Waals surface area contributed by atoms with Crippen molar-refractivity contribution in [3.05, 3.63) is 61.2 Å². The minimum Gasteiger partial charge on any atom is -0.502 e. The lowest BCUT2D eigenvalue weighted by Crippen LogP contribution is -1.96. The minimum absolute atomic E-state index is 0.127. The number of nitro benzene ring substituents is 2. The first-order valence-corrected chi connectivity index (χ1v) is 8.15. The standard InChI is InChI=1S/C16H12N4O5S/c1-8-3-9(2)14-13(4-8)26-16(18-14)17-7-10-5-11(19(22)23)6-12(15(10)21)20(24)25/h3-7,21H,1-2H3/b17-7+. The maximum absolute atomic E-state index is 11.0. The van der Waals surface area contributed by atoms with E-state index in [2.05, 4.69) is 9.98 Å². The van der Waals surface area contributed by atoms with E-state index >= 15 is 0 Å². The smallest absolute Gasteiger partial charge is 0.318 e. The predicted molar refractivity (Wildman–Crippen MR) is 97.8 cm³/mol. The van der Waals surface area contributed by atoms with E-state index in [1.54, 1.807) is 0 Å². The largest absolute Gasteiger partial charge is 0.502 e. The Morgan fingerprint density at radius 1 is 1.15 bits per heavy atom. The second-order valence-electron chi connectivity index (χ2n) is 5.60. The fraction of sp³-hybridized carbons (Fsp3) is 0.125. The molecule has 0 amide bonds. The molecule has 132 valence electrons. The highest BCUT2D eigenvalue weighted by Crippen LogP contribution is 2.35. The molecule has 0 spiro atoms. The van der Waals surface area contributed by atoms with Crippen LogP contribution < -0.4 is 0 Å². The summed E-state index contributed by atoms with van der Waals surface area (Å²) in [4.78, 5) is 28.8. The maximum Gasteiger partial charge on any atom is 0.318 e. The summed E-state index contributed by atoms with van der Waals surface area (Å²) in [5.41, 5.74) is 1.48. The topological polar surface area (TPSA) is 132 Å². The lowest BCUT2D eigenvalue weighted by Gasteiger charge is -2.00. The van der Waals surface area contributed by atoms with Crippen LogP contribution in [0.3, 0.4) is 0 Å². The van der Waals surface area contributed by atoms with Crippen LogP contribution in [-0.4, -0.2) is 26.2 Å². The van der Waals surface area contributed by atoms with Crippen LogP contribution in [0.2, 0.25) is 0 Å². The Kier molecular flexibility index (Phi) is 4.34. The van der Waals surface area contributed by atoms with Gasteiger partial charge in [0, 0.05) is 17.8 Å². The van der Waals surface area contributed by atoms with Gasteiger partial charge >= 0.3 is 5.69 Å². The van der Waals surface area contributed by atoms with E-state index in [9.17, 15) is 25.3 Å². The first kappa shape index (κ1) is 17.4. The number of aromatic hydroxyl groups is 1. The molecule has 1 N–H and O–H groups in total. The van der Waals surface area contributed by atoms with Crippen LogP contribution in [0.1, 0.15) is 16.7 Å². The summed E-state index contributed by atoms with van der Waals surface area (Å²) in [7, 11) is 0. The molecule has 0 unspecified atom stereocenters. The molecular formula is C16H12N4O5S. The number of thiazole rings is 1. The Morgan fingerprint density at radius 3 is 2.54 bits per heavy atom. The van der Waals surface area contributed by atoms with Crippen molar-refractivity contribution in [1.29, 1.82) is 0 Å². The first-order chi connectivity index (χ1) is 12.3. The van der Waals surface area contributed by atoms with Gasteiger partial charge in [0.1, 0.15) is 0 Å². The molecule has 0 aliphatic rings. The molecule has 1 aromatic heterocycles. The number of aryl methyl sites for hydroxylation is 2. The normalized spacial score (nSPS) is 11.3. The third-order valence-corrected chi connectivity index (χ3v) is 4.55. The van der Waals surface area contributed by atoms with Crippen molar-refractivity contribution in [2.45, 2.75) is 13.8 Å². The molecule has 3 rings (SSSR count). The number of aliphatic imine (C=N–C) groups is 1. The molecule has 0 radical (unpaired) electrons. The van der Waals surface area contributed by atoms with E-state index < -0.39 is 27.0 Å². The molecule has 3 aromatic rings. The molecule has 9 nitrogen and oxygen atoms in total. The van der Waals surface area contributed by atoms with E-state index in [4.69, 9.17) is 0 Å². The number of fused-ring (bicyclic) bond motifs is 1. The van der Waals surface area contributed by atoms with Crippen molar-refractivity contribution in [3.63, 3.8) is 0 Å². The highest BCUT2D eigenvalue weighted by molar-refractivity contribution is 7.22. The van der Waals surface area contributed by atoms with Gasteiger partial charge in [-0.15, -0.1) is 0 Å². The van der Waals surface area contributed by atoms with Crippen molar-refractivity contribution in [1.82, 2.24) is 4.98 Å². The SMILES string of the molecule is Cc1cc(C)c2nc(/N=C/c3cc([N+](=O)[O-])cc([N+](=O)[O-])c3O)sc2c1. The van der Waals surface area contributed by atoms with E-state index in [1.165, 1.54) is 11.3 Å². The van der Waals surface area contributed by atoms with Crippen LogP contribution in [0.4, 0.5) is 16.5 Å². The summed E-state index contributed by atoms with van der Waals surface area (Å²) in [6.45, 7) is 3.90. The van der Waals surface area contributed by atoms with Crippen LogP contribution in [-0.2, 0) is 0 Å². The molecule has 0 aliphatic heterocycles. The number of phenols is 1. The van der Waals surface area contributed by atoms with Gasteiger partial charge in [-0.2, -0.15) is 0 Å². The second-order valence-corrected chi connectivity index (χ2v) is 6.61. The Labute approximate surface area is 150 Å². The molecule has 26 heavy (non-hydrogen) atoms. The van der Waals surface area contributed by atoms with Crippen molar-refractivity contribution < 1.29 is 15.0 Å². The molecule has 0 bridgehead atoms. The summed E-state index contributed by atoms with van der Waals surface area (Å²) >= 11 is 1.31. The number of non-ortho nitro benzene ring substituents is 1. The van der Waals surface area contributed by atoms with Crippen LogP contribution >= 0.6 is 11.3 Å². The van der Waals surface area contributed by atoms with Gasteiger partial charge in [-0.1, -0.05) is 17.4 Å². The van der Waals surface area contributed by atoms with Crippen LogP contribution in [0, 0.1) is 34.1 Å². The number of hydrogen-bond acceptors (Lipinski definition) is 8. The van der Waals surface area contributed by atoms with Crippen molar-refractivity contribution >= 4 is 44.3 Å². The Bertz CT molecular complexity index is 1090. The predicted octanol–water partition coefficient (Wildman–Crippen LogP) is 4.19. The average molecular weight is 372 g/mol. The fourth-order valence-electron chi connectivity index (χ4n) is 2.51. The van der Waals surface area contributed by atoms with E-state index in [1.807, 2.05) is 26.0 Å². The molecule has 0 atom stereocenters. The van der Waals surface area contributed by atoms with Crippen molar-refractivity contribution in [2.75, 3.05) is 0 Å². The van der Waals surface area contributed by atoms with E-state index in [-0.39, 0.29) is 5.56 Å². The van der Waals surface area contributed by atoms with Gasteiger partial charge in [0.05, 0.1) is 26.1 Å². The summed E-state index contributed by atoms with van der Waals surface area (Å²) in [6, 6.07) is 5.69. The van der Waals surface area contributed by atoms with Gasteiger partial charge in [-0.25, -0.2) is 9.98 Å². The van der Waals surface area contributed by atoms with Gasteiger partial charge in [0.2, 0.25) is 10.9 Å². The summed E-state index contributed by atoms with van der Waals surface area (Å²) < 4.78 is 0.934. The Balaban J connectivity index is 2.06. The van der Waals surface area contributed by atoms with Crippen molar-refractivity contribution in [2.24, 2.45) is 4.99 Å². The van der Waals surface area contributed by atoms with Crippen LogP contribution in [0.15, 0.2) is 29.3 Å². The minimum atomic E-state index is -0.885. The van der Waals surface area contributed by atoms with Crippen LogP contribution in [0.25, 0.3) is 10.2 Å². The molecule has 1 heterocycles. The number of hydrogen-bond donors (Lipinski definition) is 1. The van der Waals surface area contributed by atoms with Gasteiger partial charge < -0.3 is 5.11 Å².